The smallest absolute Gasteiger partial charge is 0.255 e. The molecule has 1 aromatic rings. The summed E-state index contributed by atoms with van der Waals surface area (Å²) < 4.78 is 0. The lowest BCUT2D eigenvalue weighted by molar-refractivity contribution is 0.0583. The Bertz CT molecular complexity index is 400. The molecular formula is C13H20N2OS. The fraction of sp³-hybridized carbons (Fsp3) is 0.615. The summed E-state index contributed by atoms with van der Waals surface area (Å²) in [7, 11) is 0. The number of hydrogen-bond donors (Lipinski definition) is 1. The summed E-state index contributed by atoms with van der Waals surface area (Å²) in [5.74, 6) is 0.158. The minimum Gasteiger partial charge on any atom is -0.334 e. The molecule has 2 atom stereocenters. The van der Waals surface area contributed by atoms with Crippen molar-refractivity contribution in [1.29, 1.82) is 0 Å². The van der Waals surface area contributed by atoms with E-state index >= 15 is 0 Å². The van der Waals surface area contributed by atoms with E-state index in [0.717, 1.165) is 30.5 Å². The van der Waals surface area contributed by atoms with Gasteiger partial charge in [0.05, 0.1) is 5.56 Å². The topological polar surface area (TPSA) is 46.3 Å². The van der Waals surface area contributed by atoms with Crippen molar-refractivity contribution >= 4 is 17.2 Å². The number of aryl methyl sites for hydroxylation is 1. The van der Waals surface area contributed by atoms with E-state index in [-0.39, 0.29) is 18.0 Å². The lowest BCUT2D eigenvalue weighted by atomic mass is 9.96. The van der Waals surface area contributed by atoms with Crippen molar-refractivity contribution in [3.8, 4) is 0 Å². The molecule has 1 saturated heterocycles. The van der Waals surface area contributed by atoms with Gasteiger partial charge in [-0.3, -0.25) is 4.79 Å². The zero-order valence-corrected chi connectivity index (χ0v) is 11.3. The van der Waals surface area contributed by atoms with E-state index in [1.165, 1.54) is 6.42 Å². The van der Waals surface area contributed by atoms with E-state index in [2.05, 4.69) is 0 Å². The molecule has 4 heteroatoms. The van der Waals surface area contributed by atoms with Gasteiger partial charge in [-0.15, -0.1) is 0 Å². The maximum absolute atomic E-state index is 12.5. The van der Waals surface area contributed by atoms with Gasteiger partial charge in [-0.2, -0.15) is 11.3 Å². The summed E-state index contributed by atoms with van der Waals surface area (Å²) in [6, 6.07) is 0.258. The van der Waals surface area contributed by atoms with E-state index in [1.54, 1.807) is 11.3 Å². The van der Waals surface area contributed by atoms with Crippen LogP contribution in [0.1, 0.15) is 42.1 Å². The van der Waals surface area contributed by atoms with Gasteiger partial charge >= 0.3 is 0 Å². The zero-order valence-electron chi connectivity index (χ0n) is 10.5. The summed E-state index contributed by atoms with van der Waals surface area (Å²) in [6.45, 7) is 4.84. The maximum atomic E-state index is 12.5. The normalized spacial score (nSPS) is 22.5. The number of likely N-dealkylation sites (tertiary alicyclic amines) is 1. The van der Waals surface area contributed by atoms with Gasteiger partial charge in [-0.1, -0.05) is 0 Å². The molecule has 0 aromatic carbocycles. The number of carbonyl (C=O) groups excluding carboxylic acids is 1. The third-order valence-corrected chi connectivity index (χ3v) is 4.36. The second kappa shape index (κ2) is 5.19. The molecule has 1 fully saturated rings. The minimum absolute atomic E-state index is 0.0539. The highest BCUT2D eigenvalue weighted by Crippen LogP contribution is 2.24. The third kappa shape index (κ3) is 2.53. The van der Waals surface area contributed by atoms with Crippen molar-refractivity contribution in [3.63, 3.8) is 0 Å². The number of hydrogen-bond acceptors (Lipinski definition) is 3. The van der Waals surface area contributed by atoms with Crippen LogP contribution in [0.5, 0.6) is 0 Å². The average Bonchev–Trinajstić information content (AvgIpc) is 2.74. The van der Waals surface area contributed by atoms with E-state index in [0.29, 0.717) is 0 Å². The Labute approximate surface area is 107 Å². The van der Waals surface area contributed by atoms with Gasteiger partial charge < -0.3 is 10.6 Å². The number of nitrogens with two attached hydrogens (primary N) is 1. The summed E-state index contributed by atoms with van der Waals surface area (Å²) in [4.78, 5) is 14.4. The SMILES string of the molecule is Cc1cscc1C(=O)N1CCCCC1C(C)N. The van der Waals surface area contributed by atoms with Crippen LogP contribution < -0.4 is 5.73 Å². The number of rotatable bonds is 2. The summed E-state index contributed by atoms with van der Waals surface area (Å²) in [5.41, 5.74) is 7.92. The van der Waals surface area contributed by atoms with Gasteiger partial charge in [0.25, 0.3) is 5.91 Å². The van der Waals surface area contributed by atoms with Crippen LogP contribution in [0.25, 0.3) is 0 Å². The van der Waals surface area contributed by atoms with Crippen molar-refractivity contribution in [3.05, 3.63) is 21.9 Å². The van der Waals surface area contributed by atoms with E-state index < -0.39 is 0 Å². The first kappa shape index (κ1) is 12.6. The van der Waals surface area contributed by atoms with E-state index in [4.69, 9.17) is 5.73 Å². The Kier molecular flexibility index (Phi) is 3.84. The first-order chi connectivity index (χ1) is 8.11. The molecule has 2 N–H and O–H groups in total. The molecule has 2 unspecified atom stereocenters. The van der Waals surface area contributed by atoms with E-state index in [1.807, 2.05) is 29.5 Å². The van der Waals surface area contributed by atoms with Gasteiger partial charge in [0.15, 0.2) is 0 Å². The Morgan fingerprint density at radius 1 is 1.53 bits per heavy atom. The largest absolute Gasteiger partial charge is 0.334 e. The lowest BCUT2D eigenvalue weighted by Crippen LogP contribution is -2.51. The summed E-state index contributed by atoms with van der Waals surface area (Å²) in [6.07, 6.45) is 3.31. The van der Waals surface area contributed by atoms with Crippen LogP contribution in [0.15, 0.2) is 10.8 Å². The second-order valence-corrected chi connectivity index (χ2v) is 5.63. The molecule has 0 aliphatic carbocycles. The van der Waals surface area contributed by atoms with Crippen molar-refractivity contribution in [1.82, 2.24) is 4.90 Å². The Morgan fingerprint density at radius 2 is 2.29 bits per heavy atom. The van der Waals surface area contributed by atoms with Crippen LogP contribution in [0.4, 0.5) is 0 Å². The van der Waals surface area contributed by atoms with Crippen molar-refractivity contribution < 1.29 is 4.79 Å². The van der Waals surface area contributed by atoms with Crippen LogP contribution in [-0.4, -0.2) is 29.4 Å². The molecule has 2 rings (SSSR count). The molecule has 1 aliphatic heterocycles. The lowest BCUT2D eigenvalue weighted by Gasteiger charge is -2.38. The zero-order chi connectivity index (χ0) is 12.4. The highest BCUT2D eigenvalue weighted by molar-refractivity contribution is 7.08. The molecule has 94 valence electrons. The fourth-order valence-electron chi connectivity index (χ4n) is 2.49. The number of piperidine rings is 1. The Balaban J connectivity index is 2.20. The highest BCUT2D eigenvalue weighted by Gasteiger charge is 2.30. The molecule has 3 nitrogen and oxygen atoms in total. The van der Waals surface area contributed by atoms with Gasteiger partial charge in [0.2, 0.25) is 0 Å². The van der Waals surface area contributed by atoms with Crippen molar-refractivity contribution in [2.75, 3.05) is 6.54 Å². The summed E-state index contributed by atoms with van der Waals surface area (Å²) in [5, 5.41) is 3.97. The van der Waals surface area contributed by atoms with Crippen LogP contribution in [-0.2, 0) is 0 Å². The van der Waals surface area contributed by atoms with Crippen LogP contribution in [0, 0.1) is 6.92 Å². The number of thiophene rings is 1. The van der Waals surface area contributed by atoms with Crippen LogP contribution in [0.2, 0.25) is 0 Å². The molecule has 17 heavy (non-hydrogen) atoms. The quantitative estimate of drug-likeness (QED) is 0.878. The monoisotopic (exact) mass is 252 g/mol. The van der Waals surface area contributed by atoms with Gasteiger partial charge in [-0.25, -0.2) is 0 Å². The molecule has 0 spiro atoms. The molecule has 2 heterocycles. The van der Waals surface area contributed by atoms with Crippen molar-refractivity contribution in [2.24, 2.45) is 5.73 Å². The highest BCUT2D eigenvalue weighted by atomic mass is 32.1. The van der Waals surface area contributed by atoms with Crippen LogP contribution >= 0.6 is 11.3 Å². The fourth-order valence-corrected chi connectivity index (χ4v) is 3.31. The summed E-state index contributed by atoms with van der Waals surface area (Å²) >= 11 is 1.59. The van der Waals surface area contributed by atoms with Gasteiger partial charge in [0, 0.05) is 24.0 Å². The second-order valence-electron chi connectivity index (χ2n) is 4.89. The molecule has 0 saturated carbocycles. The van der Waals surface area contributed by atoms with Gasteiger partial charge in [0.1, 0.15) is 0 Å². The number of carbonyl (C=O) groups is 1. The minimum atomic E-state index is 0.0539. The first-order valence-corrected chi connectivity index (χ1v) is 7.15. The predicted molar refractivity (Wildman–Crippen MR) is 71.4 cm³/mol. The molecule has 1 aromatic heterocycles. The molecule has 1 aliphatic rings. The number of nitrogens with zero attached hydrogens (tertiary/aromatic N) is 1. The molecule has 0 radical (unpaired) electrons. The standard InChI is InChI=1S/C13H20N2OS/c1-9-7-17-8-11(9)13(16)15-6-4-3-5-12(15)10(2)14/h7-8,10,12H,3-6,14H2,1-2H3. The van der Waals surface area contributed by atoms with Gasteiger partial charge in [-0.05, 0) is 44.1 Å². The Hall–Kier alpha value is -0.870. The maximum Gasteiger partial charge on any atom is 0.255 e. The predicted octanol–water partition coefficient (Wildman–Crippen LogP) is 2.40. The number of amides is 1. The average molecular weight is 252 g/mol. The molecule has 1 amide bonds. The third-order valence-electron chi connectivity index (χ3n) is 3.50. The molecule has 0 bridgehead atoms. The van der Waals surface area contributed by atoms with Crippen LogP contribution in [0.3, 0.4) is 0 Å². The van der Waals surface area contributed by atoms with E-state index in [9.17, 15) is 4.79 Å². The molecular weight excluding hydrogens is 232 g/mol. The van der Waals surface area contributed by atoms with Crippen molar-refractivity contribution in [2.45, 2.75) is 45.2 Å². The first-order valence-electron chi connectivity index (χ1n) is 6.20. The Morgan fingerprint density at radius 3 is 2.88 bits per heavy atom.